The fraction of sp³-hybridized carbons (Fsp3) is 0.524. The third-order valence-corrected chi connectivity index (χ3v) is 5.05. The number of halogens is 1. The summed E-state index contributed by atoms with van der Waals surface area (Å²) in [4.78, 5) is 47.9. The molecule has 5 N–H and O–H groups in total. The third-order valence-electron chi connectivity index (χ3n) is 5.05. The fourth-order valence-electron chi connectivity index (χ4n) is 3.19. The predicted molar refractivity (Wildman–Crippen MR) is 117 cm³/mol. The molecule has 10 nitrogen and oxygen atoms in total. The van der Waals surface area contributed by atoms with Crippen LogP contribution in [0.2, 0.25) is 0 Å². The molecular weight excluding hydrogens is 421 g/mol. The van der Waals surface area contributed by atoms with Crippen LogP contribution >= 0.6 is 0 Å². The number of nitrogens with zero attached hydrogens (tertiary/aromatic N) is 1. The van der Waals surface area contributed by atoms with Crippen LogP contribution < -0.4 is 21.5 Å². The Hall–Kier alpha value is -3.21. The van der Waals surface area contributed by atoms with Gasteiger partial charge in [-0.15, -0.1) is 0 Å². The molecule has 1 saturated heterocycles. The maximum Gasteiger partial charge on any atom is 0.290 e. The van der Waals surface area contributed by atoms with E-state index in [1.54, 1.807) is 20.0 Å². The lowest BCUT2D eigenvalue weighted by atomic mass is 10.0. The first-order valence-electron chi connectivity index (χ1n) is 10.3. The molecule has 1 aliphatic rings. The molecule has 0 saturated carbocycles. The number of likely N-dealkylation sites (N-methyl/N-ethyl adjacent to an activating group) is 1. The topological polar surface area (TPSA) is 140 Å². The summed E-state index contributed by atoms with van der Waals surface area (Å²) in [6.07, 6.45) is 1.21. The van der Waals surface area contributed by atoms with Crippen LogP contribution in [-0.2, 0) is 19.2 Å². The lowest BCUT2D eigenvalue weighted by Gasteiger charge is -2.31. The highest BCUT2D eigenvalue weighted by molar-refractivity contribution is 5.93. The second-order valence-electron chi connectivity index (χ2n) is 7.66. The van der Waals surface area contributed by atoms with Gasteiger partial charge in [0.15, 0.2) is 0 Å². The van der Waals surface area contributed by atoms with E-state index >= 15 is 0 Å². The van der Waals surface area contributed by atoms with E-state index < -0.39 is 23.9 Å². The number of hydrogen-bond acceptors (Lipinski definition) is 6. The van der Waals surface area contributed by atoms with E-state index in [0.29, 0.717) is 25.1 Å². The summed E-state index contributed by atoms with van der Waals surface area (Å²) in [5, 5.41) is 12.5. The number of anilines is 1. The SMILES string of the molecule is CN[C@@H](C)C(=O)N[C@H](C(=O)N1CCC[C@H]1C(=O)NNc1cccc(F)c1)C(C)C.O=CO. The van der Waals surface area contributed by atoms with Crippen LogP contribution in [0.15, 0.2) is 24.3 Å². The average Bonchev–Trinajstić information content (AvgIpc) is 3.25. The minimum absolute atomic E-state index is 0.134. The van der Waals surface area contributed by atoms with Crippen molar-refractivity contribution in [1.82, 2.24) is 21.0 Å². The number of carboxylic acid groups (broad SMARTS) is 1. The molecule has 3 amide bonds. The molecule has 0 bridgehead atoms. The molecule has 0 spiro atoms. The first kappa shape index (κ1) is 26.8. The van der Waals surface area contributed by atoms with E-state index in [0.717, 1.165) is 0 Å². The van der Waals surface area contributed by atoms with Crippen molar-refractivity contribution in [2.24, 2.45) is 5.92 Å². The lowest BCUT2D eigenvalue weighted by Crippen LogP contribution is -2.57. The Kier molecular flexibility index (Phi) is 11.1. The zero-order chi connectivity index (χ0) is 24.3. The van der Waals surface area contributed by atoms with Crippen molar-refractivity contribution >= 4 is 29.9 Å². The van der Waals surface area contributed by atoms with E-state index in [4.69, 9.17) is 9.90 Å². The summed E-state index contributed by atoms with van der Waals surface area (Å²) in [5.41, 5.74) is 5.62. The second-order valence-corrected chi connectivity index (χ2v) is 7.66. The lowest BCUT2D eigenvalue weighted by molar-refractivity contribution is -0.142. The quantitative estimate of drug-likeness (QED) is 0.288. The smallest absolute Gasteiger partial charge is 0.290 e. The number of carbonyl (C=O) groups excluding carboxylic acids is 3. The number of hydrogen-bond donors (Lipinski definition) is 5. The van der Waals surface area contributed by atoms with Crippen LogP contribution in [0, 0.1) is 11.7 Å². The van der Waals surface area contributed by atoms with E-state index in [9.17, 15) is 18.8 Å². The van der Waals surface area contributed by atoms with Gasteiger partial charge >= 0.3 is 0 Å². The summed E-state index contributed by atoms with van der Waals surface area (Å²) < 4.78 is 13.3. The largest absolute Gasteiger partial charge is 0.483 e. The Morgan fingerprint density at radius 1 is 1.25 bits per heavy atom. The number of hydrazine groups is 1. The Morgan fingerprint density at radius 2 is 1.91 bits per heavy atom. The monoisotopic (exact) mass is 453 g/mol. The van der Waals surface area contributed by atoms with Crippen molar-refractivity contribution in [1.29, 1.82) is 0 Å². The van der Waals surface area contributed by atoms with Crippen LogP contribution in [0.1, 0.15) is 33.6 Å². The van der Waals surface area contributed by atoms with Crippen molar-refractivity contribution in [2.75, 3.05) is 19.0 Å². The van der Waals surface area contributed by atoms with Gasteiger partial charge in [-0.05, 0) is 50.9 Å². The summed E-state index contributed by atoms with van der Waals surface area (Å²) in [7, 11) is 1.67. The molecule has 1 aromatic carbocycles. The zero-order valence-corrected chi connectivity index (χ0v) is 18.7. The van der Waals surface area contributed by atoms with Gasteiger partial charge in [0.2, 0.25) is 11.8 Å². The van der Waals surface area contributed by atoms with Gasteiger partial charge in [0, 0.05) is 6.54 Å². The average molecular weight is 454 g/mol. The van der Waals surface area contributed by atoms with Crippen LogP contribution in [0.5, 0.6) is 0 Å². The molecule has 178 valence electrons. The number of nitrogens with one attached hydrogen (secondary N) is 4. The Labute approximate surface area is 186 Å². The van der Waals surface area contributed by atoms with E-state index in [1.165, 1.54) is 23.1 Å². The van der Waals surface area contributed by atoms with Gasteiger partial charge in [-0.2, -0.15) is 0 Å². The minimum Gasteiger partial charge on any atom is -0.483 e. The van der Waals surface area contributed by atoms with Crippen molar-refractivity contribution in [2.45, 2.75) is 51.7 Å². The van der Waals surface area contributed by atoms with E-state index in [2.05, 4.69) is 21.5 Å². The molecule has 3 atom stereocenters. The molecule has 1 heterocycles. The Bertz CT molecular complexity index is 792. The number of rotatable bonds is 8. The molecule has 1 aliphatic heterocycles. The molecule has 1 aromatic rings. The number of amides is 3. The molecule has 0 unspecified atom stereocenters. The van der Waals surface area contributed by atoms with Gasteiger partial charge in [0.1, 0.15) is 17.9 Å². The molecule has 0 aromatic heterocycles. The van der Waals surface area contributed by atoms with Gasteiger partial charge in [0.05, 0.1) is 11.7 Å². The summed E-state index contributed by atoms with van der Waals surface area (Å²) in [5.74, 6) is -1.48. The third kappa shape index (κ3) is 7.80. The highest BCUT2D eigenvalue weighted by Gasteiger charge is 2.38. The minimum atomic E-state index is -0.720. The predicted octanol–water partition coefficient (Wildman–Crippen LogP) is 0.709. The van der Waals surface area contributed by atoms with Crippen molar-refractivity contribution in [3.63, 3.8) is 0 Å². The number of benzene rings is 1. The van der Waals surface area contributed by atoms with Crippen molar-refractivity contribution < 1.29 is 28.7 Å². The van der Waals surface area contributed by atoms with E-state index in [1.807, 2.05) is 13.8 Å². The summed E-state index contributed by atoms with van der Waals surface area (Å²) in [6, 6.07) is 3.90. The van der Waals surface area contributed by atoms with Crippen molar-refractivity contribution in [3.8, 4) is 0 Å². The molecular formula is C21H32FN5O5. The normalized spacial score (nSPS) is 16.9. The molecule has 32 heavy (non-hydrogen) atoms. The van der Waals surface area contributed by atoms with Gasteiger partial charge in [-0.1, -0.05) is 19.9 Å². The highest BCUT2D eigenvalue weighted by atomic mass is 19.1. The van der Waals surface area contributed by atoms with Crippen molar-refractivity contribution in [3.05, 3.63) is 30.1 Å². The van der Waals surface area contributed by atoms with Gasteiger partial charge in [0.25, 0.3) is 12.4 Å². The van der Waals surface area contributed by atoms with Crippen LogP contribution in [-0.4, -0.2) is 65.9 Å². The van der Waals surface area contributed by atoms with Gasteiger partial charge in [-0.3, -0.25) is 30.0 Å². The highest BCUT2D eigenvalue weighted by Crippen LogP contribution is 2.20. The first-order chi connectivity index (χ1) is 15.2. The number of likely N-dealkylation sites (tertiary alicyclic amines) is 1. The summed E-state index contributed by atoms with van der Waals surface area (Å²) >= 11 is 0. The molecule has 1 fully saturated rings. The Morgan fingerprint density at radius 3 is 2.47 bits per heavy atom. The van der Waals surface area contributed by atoms with Gasteiger partial charge in [-0.25, -0.2) is 4.39 Å². The molecule has 0 aliphatic carbocycles. The Balaban J connectivity index is 0.00000161. The zero-order valence-electron chi connectivity index (χ0n) is 18.7. The van der Waals surface area contributed by atoms with E-state index in [-0.39, 0.29) is 30.1 Å². The van der Waals surface area contributed by atoms with Crippen LogP contribution in [0.3, 0.4) is 0 Å². The maximum atomic E-state index is 13.3. The van der Waals surface area contributed by atoms with Crippen LogP contribution in [0.4, 0.5) is 10.1 Å². The molecule has 0 radical (unpaired) electrons. The van der Waals surface area contributed by atoms with Gasteiger partial charge < -0.3 is 20.6 Å². The molecule has 2 rings (SSSR count). The second kappa shape index (κ2) is 13.3. The standard InChI is InChI=1S/C20H30FN5O3.CH2O2/c1-12(2)17(23-18(27)13(3)22-4)20(29)26-10-6-9-16(26)19(28)25-24-15-8-5-7-14(21)11-15;2-1-3/h5,7-8,11-13,16-17,22,24H,6,9-10H2,1-4H3,(H,23,27)(H,25,28);1H,(H,2,3)/t13-,16-,17-;/m0./s1. The molecule has 11 heteroatoms. The first-order valence-corrected chi connectivity index (χ1v) is 10.3. The number of carbonyl (C=O) groups is 4. The summed E-state index contributed by atoms with van der Waals surface area (Å²) in [6.45, 7) is 5.60. The fourth-order valence-corrected chi connectivity index (χ4v) is 3.19. The van der Waals surface area contributed by atoms with Crippen LogP contribution in [0.25, 0.3) is 0 Å². The maximum absolute atomic E-state index is 13.3.